The zero-order valence-corrected chi connectivity index (χ0v) is 23.6. The first-order valence-corrected chi connectivity index (χ1v) is 13.7. The van der Waals surface area contributed by atoms with Gasteiger partial charge in [0.2, 0.25) is 5.90 Å². The van der Waals surface area contributed by atoms with E-state index >= 15 is 8.78 Å². The number of amides is 1. The number of aromatic nitrogens is 1. The Bertz CT molecular complexity index is 1490. The van der Waals surface area contributed by atoms with Crippen LogP contribution in [0.2, 0.25) is 0 Å². The van der Waals surface area contributed by atoms with Crippen molar-refractivity contribution in [3.63, 3.8) is 0 Å². The number of amidine groups is 1. The van der Waals surface area contributed by atoms with E-state index in [1.807, 2.05) is 13.0 Å². The normalized spacial score (nSPS) is 27.5. The molecule has 208 valence electrons. The number of benzene rings is 1. The molecule has 0 spiro atoms. The van der Waals surface area contributed by atoms with Crippen molar-refractivity contribution in [2.45, 2.75) is 63.0 Å². The lowest BCUT2D eigenvalue weighted by atomic mass is 9.84. The summed E-state index contributed by atoms with van der Waals surface area (Å²) in [6.07, 6.45) is 2.47. The highest BCUT2D eigenvalue weighted by molar-refractivity contribution is 8.16. The predicted octanol–water partition coefficient (Wildman–Crippen LogP) is 5.98. The third-order valence-electron chi connectivity index (χ3n) is 6.94. The fraction of sp³-hybridized carbons (Fsp3) is 0.414. The minimum atomic E-state index is -1.12. The van der Waals surface area contributed by atoms with Crippen molar-refractivity contribution in [1.29, 1.82) is 5.26 Å². The maximum absolute atomic E-state index is 15.5. The fourth-order valence-corrected chi connectivity index (χ4v) is 6.55. The van der Waals surface area contributed by atoms with E-state index in [4.69, 9.17) is 19.7 Å². The van der Waals surface area contributed by atoms with E-state index in [2.05, 4.69) is 15.3 Å². The van der Waals surface area contributed by atoms with E-state index in [0.717, 1.165) is 0 Å². The second-order valence-corrected chi connectivity index (χ2v) is 12.6. The minimum absolute atomic E-state index is 0.0115. The molecule has 1 amide bonds. The number of nitrogens with one attached hydrogen (secondary N) is 1. The van der Waals surface area contributed by atoms with Crippen LogP contribution in [0.5, 0.6) is 0 Å². The number of hydrogen-bond donors (Lipinski definition) is 1. The van der Waals surface area contributed by atoms with Crippen LogP contribution in [0.4, 0.5) is 13.6 Å². The lowest BCUT2D eigenvalue weighted by Gasteiger charge is -2.35. The Balaban J connectivity index is 1.53. The summed E-state index contributed by atoms with van der Waals surface area (Å²) in [5.41, 5.74) is -0.809. The molecule has 11 heteroatoms. The summed E-state index contributed by atoms with van der Waals surface area (Å²) >= 11 is 1.34. The molecule has 1 unspecified atom stereocenters. The quantitative estimate of drug-likeness (QED) is 0.489. The molecule has 0 bridgehead atoms. The van der Waals surface area contributed by atoms with Gasteiger partial charge in [-0.1, -0.05) is 17.8 Å². The zero-order valence-electron chi connectivity index (χ0n) is 22.8. The second kappa shape index (κ2) is 10.0. The maximum atomic E-state index is 15.5. The molecule has 3 aliphatic rings. The van der Waals surface area contributed by atoms with Crippen LogP contribution in [0.15, 0.2) is 46.5 Å². The van der Waals surface area contributed by atoms with Gasteiger partial charge in [0, 0.05) is 17.7 Å². The van der Waals surface area contributed by atoms with Gasteiger partial charge in [0.1, 0.15) is 34.7 Å². The number of halogens is 2. The Morgan fingerprint density at radius 1 is 1.32 bits per heavy atom. The Labute approximate surface area is 235 Å². The monoisotopic (exact) mass is 565 g/mol. The fourth-order valence-electron chi connectivity index (χ4n) is 5.01. The lowest BCUT2D eigenvalue weighted by Crippen LogP contribution is -2.43. The third-order valence-corrected chi connectivity index (χ3v) is 8.31. The van der Waals surface area contributed by atoms with Gasteiger partial charge in [-0.3, -0.25) is 15.3 Å². The number of nitriles is 1. The van der Waals surface area contributed by atoms with Crippen molar-refractivity contribution in [2.24, 2.45) is 15.9 Å². The van der Waals surface area contributed by atoms with Crippen LogP contribution in [0.25, 0.3) is 11.9 Å². The summed E-state index contributed by atoms with van der Waals surface area (Å²) < 4.78 is 41.3. The van der Waals surface area contributed by atoms with Gasteiger partial charge in [-0.05, 0) is 76.9 Å². The molecular formula is C29H29F2N5O3S. The zero-order chi connectivity index (χ0) is 28.9. The molecule has 4 atom stereocenters. The second-order valence-electron chi connectivity index (χ2n) is 11.3. The number of fused-ring (bicyclic) bond motifs is 1. The highest BCUT2D eigenvalue weighted by Crippen LogP contribution is 2.67. The Kier molecular flexibility index (Phi) is 6.94. The molecule has 40 heavy (non-hydrogen) atoms. The number of nitrogens with zero attached hydrogens (tertiary/aromatic N) is 4. The first-order chi connectivity index (χ1) is 18.8. The van der Waals surface area contributed by atoms with Gasteiger partial charge >= 0.3 is 6.09 Å². The topological polar surface area (TPSA) is 109 Å². The van der Waals surface area contributed by atoms with E-state index in [0.29, 0.717) is 30.1 Å². The summed E-state index contributed by atoms with van der Waals surface area (Å²) in [4.78, 5) is 26.1. The molecule has 3 heterocycles. The van der Waals surface area contributed by atoms with Gasteiger partial charge < -0.3 is 9.47 Å². The minimum Gasteiger partial charge on any atom is -0.478 e. The van der Waals surface area contributed by atoms with Crippen LogP contribution in [-0.4, -0.2) is 45.1 Å². The molecule has 2 aliphatic heterocycles. The molecule has 0 radical (unpaired) electrons. The average molecular weight is 566 g/mol. The smallest absolute Gasteiger partial charge is 0.413 e. The van der Waals surface area contributed by atoms with Gasteiger partial charge in [0.15, 0.2) is 5.17 Å². The molecule has 1 N–H and O–H groups in total. The van der Waals surface area contributed by atoms with Gasteiger partial charge in [0.25, 0.3) is 0 Å². The third kappa shape index (κ3) is 5.32. The lowest BCUT2D eigenvalue weighted by molar-refractivity contribution is 0.0564. The molecule has 1 fully saturated rings. The van der Waals surface area contributed by atoms with E-state index < -0.39 is 33.6 Å². The molecule has 1 saturated carbocycles. The van der Waals surface area contributed by atoms with E-state index in [-0.39, 0.29) is 28.4 Å². The predicted molar refractivity (Wildman–Crippen MR) is 150 cm³/mol. The summed E-state index contributed by atoms with van der Waals surface area (Å²) in [5.74, 6) is -0.760. The number of thioether (sulfide) groups is 1. The van der Waals surface area contributed by atoms with Crippen LogP contribution < -0.4 is 5.32 Å². The number of hydrogen-bond acceptors (Lipinski definition) is 8. The largest absolute Gasteiger partial charge is 0.478 e. The number of carbonyl (C=O) groups excluding carboxylic acids is 1. The maximum Gasteiger partial charge on any atom is 0.413 e. The van der Waals surface area contributed by atoms with Crippen molar-refractivity contribution in [3.05, 3.63) is 64.7 Å². The van der Waals surface area contributed by atoms with Gasteiger partial charge in [-0.25, -0.2) is 18.6 Å². The Morgan fingerprint density at radius 3 is 2.73 bits per heavy atom. The number of rotatable bonds is 4. The summed E-state index contributed by atoms with van der Waals surface area (Å²) in [6, 6.07) is 9.13. The first-order valence-electron chi connectivity index (χ1n) is 12.9. The van der Waals surface area contributed by atoms with Gasteiger partial charge in [-0.15, -0.1) is 0 Å². The number of carbonyl (C=O) groups is 1. The van der Waals surface area contributed by atoms with Crippen LogP contribution in [-0.2, 0) is 15.0 Å². The van der Waals surface area contributed by atoms with E-state index in [1.54, 1.807) is 33.8 Å². The number of alkyl carbamates (subject to hydrolysis) is 1. The highest BCUT2D eigenvalue weighted by Gasteiger charge is 2.71. The first kappa shape index (κ1) is 27.8. The molecule has 0 saturated heterocycles. The SMILES string of the molecule is CC1COC([C@]23C[C@H]2[C@@](C)(c2cc(/C=C(\F)c4ccc(C#N)cn4)ccc2F)N=C(NC(=O)OC(C)(C)C)S3)=N1. The molecule has 5 rings (SSSR count). The van der Waals surface area contributed by atoms with Crippen molar-refractivity contribution in [1.82, 2.24) is 10.3 Å². The van der Waals surface area contributed by atoms with Crippen molar-refractivity contribution >= 4 is 40.8 Å². The molecule has 2 aromatic rings. The number of ether oxygens (including phenoxy) is 2. The van der Waals surface area contributed by atoms with Crippen LogP contribution in [0.3, 0.4) is 0 Å². The van der Waals surface area contributed by atoms with Gasteiger partial charge in [-0.2, -0.15) is 5.26 Å². The average Bonchev–Trinajstić information content (AvgIpc) is 3.48. The number of aliphatic imine (C=N–C) groups is 2. The molecule has 1 aromatic carbocycles. The standard InChI is InChI=1S/C29H29F2N5O3S/c1-16-15-38-24(34-16)29-12-23(29)28(5,36-25(40-29)35-26(37)39-27(2,3)4)19-10-17(6-8-20(19)30)11-21(31)22-9-7-18(13-32)14-33-22/h6-11,14,16,23H,12,15H2,1-5H3,(H,35,36,37)/b21-11-/t16?,23-,28+,29-/m0/s1. The van der Waals surface area contributed by atoms with Crippen LogP contribution in [0.1, 0.15) is 63.4 Å². The summed E-state index contributed by atoms with van der Waals surface area (Å²) in [5, 5.41) is 12.0. The highest BCUT2D eigenvalue weighted by atomic mass is 32.2. The Hall–Kier alpha value is -3.78. The van der Waals surface area contributed by atoms with E-state index in [1.165, 1.54) is 48.3 Å². The molecule has 8 nitrogen and oxygen atoms in total. The summed E-state index contributed by atoms with van der Waals surface area (Å²) in [7, 11) is 0. The van der Waals surface area contributed by atoms with E-state index in [9.17, 15) is 4.79 Å². The van der Waals surface area contributed by atoms with Crippen LogP contribution in [0, 0.1) is 23.1 Å². The Morgan fingerprint density at radius 2 is 2.10 bits per heavy atom. The van der Waals surface area contributed by atoms with Crippen molar-refractivity contribution in [3.8, 4) is 6.07 Å². The van der Waals surface area contributed by atoms with Crippen molar-refractivity contribution in [2.75, 3.05) is 6.61 Å². The number of pyridine rings is 1. The summed E-state index contributed by atoms with van der Waals surface area (Å²) in [6.45, 7) is 9.48. The molecule has 1 aromatic heterocycles. The van der Waals surface area contributed by atoms with Gasteiger partial charge in [0.05, 0.1) is 22.8 Å². The van der Waals surface area contributed by atoms with Crippen molar-refractivity contribution < 1.29 is 23.0 Å². The molecule has 1 aliphatic carbocycles. The molecular weight excluding hydrogens is 536 g/mol. The van der Waals surface area contributed by atoms with Crippen LogP contribution >= 0.6 is 11.8 Å².